The molecule has 0 atom stereocenters. The summed E-state index contributed by atoms with van der Waals surface area (Å²) in [5.41, 5.74) is 8.39. The van der Waals surface area contributed by atoms with Crippen LogP contribution in [0.25, 0.3) is 111 Å². The Morgan fingerprint density at radius 3 is 1.75 bits per heavy atom. The molecule has 57 heavy (non-hydrogen) atoms. The zero-order chi connectivity index (χ0) is 41.2. The standard InChI is InChI=1S/C53H33N3O/c1-2-12-35(13-3-1)51-54-52(44-17-8-15-37(32-44)39-24-23-34-11-4-5-14-36(34)29-39)56-53(55-51)45-18-9-16-38(33-45)40-25-26-42-31-43(28-27-41(42)30-40)46-20-10-22-49-50(46)47-19-6-7-21-48(47)57-49/h1-33H/i8D,15D,17D,32D. The molecule has 2 heterocycles. The highest BCUT2D eigenvalue weighted by molar-refractivity contribution is 6.13. The Bertz CT molecular complexity index is 3550. The van der Waals surface area contributed by atoms with E-state index >= 15 is 0 Å². The fraction of sp³-hybridized carbons (Fsp3) is 0. The lowest BCUT2D eigenvalue weighted by molar-refractivity contribution is 0.669. The normalized spacial score (nSPS) is 12.5. The molecule has 0 aliphatic carbocycles. The Kier molecular flexibility index (Phi) is 6.83. The second-order valence-electron chi connectivity index (χ2n) is 14.1. The van der Waals surface area contributed by atoms with Gasteiger partial charge in [-0.3, -0.25) is 0 Å². The van der Waals surface area contributed by atoms with Gasteiger partial charge in [-0.25, -0.2) is 15.0 Å². The summed E-state index contributed by atoms with van der Waals surface area (Å²) in [6.45, 7) is 0. The molecule has 0 saturated heterocycles. The Morgan fingerprint density at radius 1 is 0.368 bits per heavy atom. The van der Waals surface area contributed by atoms with Crippen LogP contribution in [0.2, 0.25) is 0 Å². The maximum absolute atomic E-state index is 9.46. The third kappa shape index (κ3) is 6.01. The number of fused-ring (bicyclic) bond motifs is 5. The largest absolute Gasteiger partial charge is 0.456 e. The van der Waals surface area contributed by atoms with Crippen molar-refractivity contribution >= 4 is 43.5 Å². The van der Waals surface area contributed by atoms with Crippen LogP contribution in [0.4, 0.5) is 0 Å². The number of para-hydroxylation sites is 1. The van der Waals surface area contributed by atoms with E-state index in [4.69, 9.17) is 23.5 Å². The fourth-order valence-corrected chi connectivity index (χ4v) is 7.72. The molecule has 0 amide bonds. The molecule has 0 unspecified atom stereocenters. The third-order valence-electron chi connectivity index (χ3n) is 10.6. The molecule has 266 valence electrons. The van der Waals surface area contributed by atoms with Crippen molar-refractivity contribution in [3.8, 4) is 67.5 Å². The van der Waals surface area contributed by atoms with Gasteiger partial charge in [0.05, 0.1) is 5.48 Å². The molecular weight excluding hydrogens is 695 g/mol. The molecule has 0 saturated carbocycles. The number of rotatable bonds is 6. The predicted octanol–water partition coefficient (Wildman–Crippen LogP) is 14.1. The van der Waals surface area contributed by atoms with Crippen molar-refractivity contribution in [1.29, 1.82) is 0 Å². The van der Waals surface area contributed by atoms with E-state index in [1.807, 2.05) is 121 Å². The van der Waals surface area contributed by atoms with Gasteiger partial charge in [0.15, 0.2) is 17.5 Å². The highest BCUT2D eigenvalue weighted by Gasteiger charge is 2.15. The molecule has 0 spiro atoms. The highest BCUT2D eigenvalue weighted by Crippen LogP contribution is 2.38. The van der Waals surface area contributed by atoms with Gasteiger partial charge in [-0.05, 0) is 97.4 Å². The number of hydrogen-bond donors (Lipinski definition) is 0. The lowest BCUT2D eigenvalue weighted by Crippen LogP contribution is -2.00. The lowest BCUT2D eigenvalue weighted by Gasteiger charge is -2.11. The zero-order valence-electron chi connectivity index (χ0n) is 34.5. The summed E-state index contributed by atoms with van der Waals surface area (Å²) < 4.78 is 42.5. The Balaban J connectivity index is 1.01. The molecule has 0 aliphatic rings. The number of aromatic nitrogens is 3. The smallest absolute Gasteiger partial charge is 0.164 e. The van der Waals surface area contributed by atoms with Crippen LogP contribution in [0.1, 0.15) is 5.48 Å². The maximum atomic E-state index is 9.46. The third-order valence-corrected chi connectivity index (χ3v) is 10.6. The molecule has 0 radical (unpaired) electrons. The van der Waals surface area contributed by atoms with Crippen LogP contribution in [0.15, 0.2) is 205 Å². The average Bonchev–Trinajstić information content (AvgIpc) is 3.70. The number of hydrogen-bond acceptors (Lipinski definition) is 4. The summed E-state index contributed by atoms with van der Waals surface area (Å²) in [6.07, 6.45) is 0. The molecule has 4 heteroatoms. The number of furan rings is 1. The summed E-state index contributed by atoms with van der Waals surface area (Å²) in [6, 6.07) is 57.7. The highest BCUT2D eigenvalue weighted by atomic mass is 16.3. The van der Waals surface area contributed by atoms with E-state index in [1.54, 1.807) is 0 Å². The van der Waals surface area contributed by atoms with Crippen molar-refractivity contribution in [2.24, 2.45) is 0 Å². The van der Waals surface area contributed by atoms with Crippen molar-refractivity contribution in [3.63, 3.8) is 0 Å². The topological polar surface area (TPSA) is 51.8 Å². The minimum absolute atomic E-state index is 0.0761. The summed E-state index contributed by atoms with van der Waals surface area (Å²) in [7, 11) is 0. The van der Waals surface area contributed by atoms with Crippen molar-refractivity contribution in [3.05, 3.63) is 200 Å². The van der Waals surface area contributed by atoms with E-state index in [1.165, 1.54) is 0 Å². The maximum Gasteiger partial charge on any atom is 0.164 e. The van der Waals surface area contributed by atoms with Gasteiger partial charge in [0.2, 0.25) is 0 Å². The van der Waals surface area contributed by atoms with Gasteiger partial charge in [0, 0.05) is 27.5 Å². The van der Waals surface area contributed by atoms with Crippen LogP contribution in [0.5, 0.6) is 0 Å². The van der Waals surface area contributed by atoms with Crippen molar-refractivity contribution in [2.75, 3.05) is 0 Å². The van der Waals surface area contributed by atoms with Crippen LogP contribution in [0.3, 0.4) is 0 Å². The predicted molar refractivity (Wildman–Crippen MR) is 235 cm³/mol. The molecule has 11 rings (SSSR count). The van der Waals surface area contributed by atoms with Crippen LogP contribution < -0.4 is 0 Å². The summed E-state index contributed by atoms with van der Waals surface area (Å²) in [5.74, 6) is 0.837. The van der Waals surface area contributed by atoms with E-state index in [-0.39, 0.29) is 41.1 Å². The minimum Gasteiger partial charge on any atom is -0.456 e. The number of nitrogens with zero attached hydrogens (tertiary/aromatic N) is 3. The van der Waals surface area contributed by atoms with Crippen LogP contribution in [-0.4, -0.2) is 15.0 Å². The summed E-state index contributed by atoms with van der Waals surface area (Å²) in [4.78, 5) is 14.7. The van der Waals surface area contributed by atoms with Gasteiger partial charge in [0.25, 0.3) is 0 Å². The van der Waals surface area contributed by atoms with E-state index in [9.17, 15) is 1.37 Å². The second-order valence-corrected chi connectivity index (χ2v) is 14.1. The van der Waals surface area contributed by atoms with Gasteiger partial charge in [0.1, 0.15) is 11.2 Å². The molecule has 0 N–H and O–H groups in total. The van der Waals surface area contributed by atoms with Crippen LogP contribution in [-0.2, 0) is 0 Å². The van der Waals surface area contributed by atoms with E-state index < -0.39 is 0 Å². The molecule has 11 aromatic rings. The van der Waals surface area contributed by atoms with Crippen molar-refractivity contribution < 1.29 is 9.90 Å². The van der Waals surface area contributed by atoms with Gasteiger partial charge >= 0.3 is 0 Å². The molecule has 2 aromatic heterocycles. The summed E-state index contributed by atoms with van der Waals surface area (Å²) in [5, 5.41) is 6.40. The molecule has 0 bridgehead atoms. The Hall–Kier alpha value is -7.69. The SMILES string of the molecule is [2H]c1c([2H])c(-c2ccc3ccccc3c2)c([2H])c(-c2nc(-c3ccccc3)nc(-c3cccc(-c4ccc5cc(-c6cccc7oc8ccccc8c67)ccc5c4)c3)n2)c1[2H]. The first-order valence-corrected chi connectivity index (χ1v) is 18.8. The van der Waals surface area contributed by atoms with Gasteiger partial charge in [-0.2, -0.15) is 0 Å². The first-order chi connectivity index (χ1) is 29.9. The van der Waals surface area contributed by atoms with Gasteiger partial charge in [-0.15, -0.1) is 0 Å². The quantitative estimate of drug-likeness (QED) is 0.171. The van der Waals surface area contributed by atoms with Gasteiger partial charge in [-0.1, -0.05) is 158 Å². The lowest BCUT2D eigenvalue weighted by atomic mass is 9.95. The van der Waals surface area contributed by atoms with Crippen molar-refractivity contribution in [2.45, 2.75) is 0 Å². The minimum atomic E-state index is -0.296. The van der Waals surface area contributed by atoms with Crippen LogP contribution in [0, 0.1) is 0 Å². The summed E-state index contributed by atoms with van der Waals surface area (Å²) >= 11 is 0. The number of benzene rings is 9. The second kappa shape index (κ2) is 13.6. The Labute approximate surface area is 335 Å². The van der Waals surface area contributed by atoms with E-state index in [2.05, 4.69) is 54.6 Å². The average molecular weight is 732 g/mol. The fourth-order valence-electron chi connectivity index (χ4n) is 7.72. The molecule has 0 fully saturated rings. The molecule has 4 nitrogen and oxygen atoms in total. The zero-order valence-corrected chi connectivity index (χ0v) is 30.5. The van der Waals surface area contributed by atoms with Crippen molar-refractivity contribution in [1.82, 2.24) is 15.0 Å². The van der Waals surface area contributed by atoms with Crippen LogP contribution >= 0.6 is 0 Å². The van der Waals surface area contributed by atoms with Gasteiger partial charge < -0.3 is 4.42 Å². The van der Waals surface area contributed by atoms with E-state index in [0.717, 1.165) is 76.9 Å². The molecule has 9 aromatic carbocycles. The first kappa shape index (κ1) is 28.7. The monoisotopic (exact) mass is 731 g/mol. The molecule has 0 aliphatic heterocycles. The molecular formula is C53H33N3O. The first-order valence-electron chi connectivity index (χ1n) is 20.8. The van der Waals surface area contributed by atoms with E-state index in [0.29, 0.717) is 17.2 Å². The Morgan fingerprint density at radius 2 is 0.912 bits per heavy atom.